The number of hydrogen-bond donors (Lipinski definition) is 0. The van der Waals surface area contributed by atoms with E-state index in [0.29, 0.717) is 41.8 Å². The van der Waals surface area contributed by atoms with Gasteiger partial charge in [-0.05, 0) is 37.1 Å². The monoisotopic (exact) mass is 460 g/mol. The maximum Gasteiger partial charge on any atom is 0.417 e. The summed E-state index contributed by atoms with van der Waals surface area (Å²) < 4.78 is 57.4. The normalized spacial score (nSPS) is 15.5. The Morgan fingerprint density at radius 1 is 1.21 bits per heavy atom. The minimum Gasteiger partial charge on any atom is -0.460 e. The zero-order valence-electron chi connectivity index (χ0n) is 14.7. The summed E-state index contributed by atoms with van der Waals surface area (Å²) >= 11 is 3.16. The molecular weight excluding hydrogens is 444 g/mol. The van der Waals surface area contributed by atoms with E-state index in [1.165, 1.54) is 12.1 Å². The van der Waals surface area contributed by atoms with Crippen molar-refractivity contribution in [1.29, 1.82) is 0 Å². The van der Waals surface area contributed by atoms with Crippen LogP contribution in [0.2, 0.25) is 0 Å². The highest BCUT2D eigenvalue weighted by atomic mass is 79.9. The van der Waals surface area contributed by atoms with Crippen LogP contribution in [0.25, 0.3) is 0 Å². The topological polar surface area (TPSA) is 42.4 Å². The van der Waals surface area contributed by atoms with Crippen molar-refractivity contribution in [3.63, 3.8) is 0 Å². The summed E-state index contributed by atoms with van der Waals surface area (Å²) in [6.45, 7) is 0.814. The highest BCUT2D eigenvalue weighted by Gasteiger charge is 2.31. The number of hydrogen-bond acceptors (Lipinski definition) is 4. The molecule has 1 aliphatic heterocycles. The van der Waals surface area contributed by atoms with Crippen LogP contribution >= 0.6 is 15.9 Å². The summed E-state index contributed by atoms with van der Waals surface area (Å²) in [5.41, 5.74) is -0.502. The largest absolute Gasteiger partial charge is 0.460 e. The maximum atomic E-state index is 13.8. The molecule has 0 spiro atoms. The first-order chi connectivity index (χ1) is 13.2. The van der Waals surface area contributed by atoms with E-state index < -0.39 is 23.5 Å². The summed E-state index contributed by atoms with van der Waals surface area (Å²) in [5.74, 6) is -0.742. The minimum atomic E-state index is -4.42. The molecule has 1 saturated heterocycles. The van der Waals surface area contributed by atoms with Crippen LogP contribution in [0.3, 0.4) is 0 Å². The molecule has 0 saturated carbocycles. The van der Waals surface area contributed by atoms with Gasteiger partial charge in [0, 0.05) is 29.3 Å². The van der Waals surface area contributed by atoms with E-state index in [0.717, 1.165) is 12.3 Å². The molecule has 0 atom stereocenters. The highest BCUT2D eigenvalue weighted by molar-refractivity contribution is 9.10. The van der Waals surface area contributed by atoms with E-state index >= 15 is 0 Å². The molecule has 0 bridgehead atoms. The number of aromatic nitrogens is 1. The molecule has 0 amide bonds. The first kappa shape index (κ1) is 20.6. The lowest BCUT2D eigenvalue weighted by Gasteiger charge is -2.31. The van der Waals surface area contributed by atoms with Gasteiger partial charge < -0.3 is 9.64 Å². The average molecular weight is 461 g/mol. The number of alkyl halides is 3. The standard InChI is InChI=1S/C19H17BrF4N2O2/c20-15-3-1-13(16(21)9-15)11-28-18(27)12-5-7-26(8-6-12)17-4-2-14(10-25-17)19(22,23)24/h1-4,9-10,12H,5-8,11H2. The van der Waals surface area contributed by atoms with Gasteiger partial charge in [0.15, 0.2) is 0 Å². The van der Waals surface area contributed by atoms with Gasteiger partial charge in [-0.3, -0.25) is 4.79 Å². The van der Waals surface area contributed by atoms with Crippen molar-refractivity contribution in [2.45, 2.75) is 25.6 Å². The molecule has 150 valence electrons. The lowest BCUT2D eigenvalue weighted by Crippen LogP contribution is -2.37. The molecule has 0 N–H and O–H groups in total. The van der Waals surface area contributed by atoms with Crippen molar-refractivity contribution in [1.82, 2.24) is 4.98 Å². The van der Waals surface area contributed by atoms with Gasteiger partial charge in [0.05, 0.1) is 11.5 Å². The zero-order chi connectivity index (χ0) is 20.3. The predicted molar refractivity (Wildman–Crippen MR) is 98.1 cm³/mol. The van der Waals surface area contributed by atoms with Crippen LogP contribution in [0, 0.1) is 11.7 Å². The van der Waals surface area contributed by atoms with Crippen molar-refractivity contribution in [3.05, 3.63) is 57.9 Å². The molecule has 0 aliphatic carbocycles. The van der Waals surface area contributed by atoms with Crippen LogP contribution in [0.15, 0.2) is 41.0 Å². The molecule has 1 aromatic heterocycles. The van der Waals surface area contributed by atoms with E-state index in [2.05, 4.69) is 20.9 Å². The van der Waals surface area contributed by atoms with E-state index in [1.54, 1.807) is 12.1 Å². The van der Waals surface area contributed by atoms with Crippen molar-refractivity contribution in [2.24, 2.45) is 5.92 Å². The first-order valence-electron chi connectivity index (χ1n) is 8.63. The van der Waals surface area contributed by atoms with Crippen LogP contribution in [-0.2, 0) is 22.3 Å². The first-order valence-corrected chi connectivity index (χ1v) is 9.42. The summed E-state index contributed by atoms with van der Waals surface area (Å²) in [4.78, 5) is 17.9. The van der Waals surface area contributed by atoms with E-state index in [9.17, 15) is 22.4 Å². The second kappa shape index (κ2) is 8.46. The van der Waals surface area contributed by atoms with Crippen LogP contribution in [0.5, 0.6) is 0 Å². The van der Waals surface area contributed by atoms with Gasteiger partial charge in [-0.1, -0.05) is 22.0 Å². The second-order valence-electron chi connectivity index (χ2n) is 6.51. The molecule has 0 radical (unpaired) electrons. The van der Waals surface area contributed by atoms with Crippen LogP contribution in [0.4, 0.5) is 23.4 Å². The molecule has 0 unspecified atom stereocenters. The number of ether oxygens (including phenoxy) is 1. The molecule has 2 heterocycles. The van der Waals surface area contributed by atoms with Crippen molar-refractivity contribution >= 4 is 27.7 Å². The molecule has 4 nitrogen and oxygen atoms in total. The molecule has 1 aromatic carbocycles. The molecule has 1 fully saturated rings. The Labute approximate surface area is 167 Å². The van der Waals surface area contributed by atoms with Gasteiger partial charge in [0.2, 0.25) is 0 Å². The summed E-state index contributed by atoms with van der Waals surface area (Å²) in [6, 6.07) is 6.85. The molecule has 3 rings (SSSR count). The minimum absolute atomic E-state index is 0.140. The number of esters is 1. The number of nitrogens with zero attached hydrogens (tertiary/aromatic N) is 2. The Morgan fingerprint density at radius 2 is 1.93 bits per heavy atom. The number of pyridine rings is 1. The lowest BCUT2D eigenvalue weighted by atomic mass is 9.97. The van der Waals surface area contributed by atoms with Crippen molar-refractivity contribution in [3.8, 4) is 0 Å². The number of carbonyl (C=O) groups excluding carboxylic acids is 1. The van der Waals surface area contributed by atoms with Crippen LogP contribution in [-0.4, -0.2) is 24.0 Å². The van der Waals surface area contributed by atoms with Gasteiger partial charge in [0.25, 0.3) is 0 Å². The van der Waals surface area contributed by atoms with Gasteiger partial charge >= 0.3 is 12.1 Å². The third-order valence-corrected chi connectivity index (χ3v) is 5.11. The predicted octanol–water partition coefficient (Wildman–Crippen LogP) is 4.96. The van der Waals surface area contributed by atoms with E-state index in [1.807, 2.05) is 4.90 Å². The molecule has 1 aliphatic rings. The highest BCUT2D eigenvalue weighted by Crippen LogP contribution is 2.30. The third-order valence-electron chi connectivity index (χ3n) is 4.61. The fourth-order valence-electron chi connectivity index (χ4n) is 2.99. The second-order valence-corrected chi connectivity index (χ2v) is 7.42. The Hall–Kier alpha value is -2.16. The molecular formula is C19H17BrF4N2O2. The van der Waals surface area contributed by atoms with Gasteiger partial charge in [-0.2, -0.15) is 13.2 Å². The Balaban J connectivity index is 1.51. The number of carbonyl (C=O) groups is 1. The van der Waals surface area contributed by atoms with Gasteiger partial charge in [0.1, 0.15) is 18.2 Å². The smallest absolute Gasteiger partial charge is 0.417 e. The fraction of sp³-hybridized carbons (Fsp3) is 0.368. The Morgan fingerprint density at radius 3 is 2.50 bits per heavy atom. The number of rotatable bonds is 4. The van der Waals surface area contributed by atoms with Crippen LogP contribution < -0.4 is 4.90 Å². The number of halogens is 5. The number of anilines is 1. The van der Waals surface area contributed by atoms with E-state index in [-0.39, 0.29) is 12.5 Å². The quantitative estimate of drug-likeness (QED) is 0.477. The number of benzene rings is 1. The Kier molecular flexibility index (Phi) is 6.22. The molecule has 9 heteroatoms. The lowest BCUT2D eigenvalue weighted by molar-refractivity contribution is -0.150. The zero-order valence-corrected chi connectivity index (χ0v) is 16.3. The molecule has 2 aromatic rings. The van der Waals surface area contributed by atoms with Crippen molar-refractivity contribution < 1.29 is 27.1 Å². The van der Waals surface area contributed by atoms with Gasteiger partial charge in [-0.25, -0.2) is 9.37 Å². The molecule has 28 heavy (non-hydrogen) atoms. The van der Waals surface area contributed by atoms with Gasteiger partial charge in [-0.15, -0.1) is 0 Å². The summed E-state index contributed by atoms with van der Waals surface area (Å²) in [5, 5.41) is 0. The van der Waals surface area contributed by atoms with Crippen LogP contribution in [0.1, 0.15) is 24.0 Å². The Bertz CT molecular complexity index is 835. The fourth-order valence-corrected chi connectivity index (χ4v) is 3.32. The average Bonchev–Trinajstić information content (AvgIpc) is 2.67. The summed E-state index contributed by atoms with van der Waals surface area (Å²) in [6.07, 6.45) is -2.63. The SMILES string of the molecule is O=C(OCc1ccc(Br)cc1F)C1CCN(c2ccc(C(F)(F)F)cn2)CC1. The number of piperidine rings is 1. The third kappa shape index (κ3) is 5.01. The maximum absolute atomic E-state index is 13.8. The van der Waals surface area contributed by atoms with E-state index in [4.69, 9.17) is 4.74 Å². The summed E-state index contributed by atoms with van der Waals surface area (Å²) in [7, 11) is 0. The van der Waals surface area contributed by atoms with Crippen molar-refractivity contribution in [2.75, 3.05) is 18.0 Å².